The van der Waals surface area contributed by atoms with Crippen LogP contribution in [0.15, 0.2) is 36.4 Å². The maximum Gasteiger partial charge on any atom is 0.246 e. The van der Waals surface area contributed by atoms with Crippen LogP contribution in [0.4, 0.5) is 0 Å². The molecule has 1 amide bonds. The summed E-state index contributed by atoms with van der Waals surface area (Å²) in [5.74, 6) is 2.30. The molecule has 0 bridgehead atoms. The first-order chi connectivity index (χ1) is 13.5. The highest BCUT2D eigenvalue weighted by atomic mass is 35.5. The van der Waals surface area contributed by atoms with Gasteiger partial charge in [-0.25, -0.2) is 0 Å². The second kappa shape index (κ2) is 8.89. The van der Waals surface area contributed by atoms with E-state index in [0.717, 1.165) is 16.9 Å². The predicted octanol–water partition coefficient (Wildman–Crippen LogP) is 4.15. The molecule has 148 valence electrons. The minimum Gasteiger partial charge on any atom is -0.491 e. The van der Waals surface area contributed by atoms with E-state index in [1.165, 1.54) is 13.2 Å². The smallest absolute Gasteiger partial charge is 0.246 e. The van der Waals surface area contributed by atoms with Gasteiger partial charge >= 0.3 is 0 Å². The molecule has 0 aromatic heterocycles. The van der Waals surface area contributed by atoms with Crippen LogP contribution < -0.4 is 18.9 Å². The Labute approximate surface area is 169 Å². The maximum atomic E-state index is 12.5. The Morgan fingerprint density at radius 3 is 2.79 bits per heavy atom. The van der Waals surface area contributed by atoms with Gasteiger partial charge in [-0.05, 0) is 48.4 Å². The zero-order chi connectivity index (χ0) is 20.1. The summed E-state index contributed by atoms with van der Waals surface area (Å²) in [7, 11) is 3.28. The molecule has 0 unspecified atom stereocenters. The topological polar surface area (TPSA) is 57.2 Å². The molecule has 28 heavy (non-hydrogen) atoms. The number of methoxy groups -OCH3 is 1. The van der Waals surface area contributed by atoms with E-state index in [0.29, 0.717) is 35.4 Å². The van der Waals surface area contributed by atoms with Gasteiger partial charge in [0.2, 0.25) is 12.7 Å². The average molecular weight is 404 g/mol. The maximum absolute atomic E-state index is 12.5. The minimum absolute atomic E-state index is 0.137. The molecule has 6 nitrogen and oxygen atoms in total. The molecule has 3 rings (SSSR count). The molecule has 0 fully saturated rings. The van der Waals surface area contributed by atoms with Crippen LogP contribution in [0, 0.1) is 0 Å². The van der Waals surface area contributed by atoms with Gasteiger partial charge in [-0.2, -0.15) is 0 Å². The molecule has 1 aliphatic heterocycles. The SMILES string of the molecule is CCOc1cc(/C=C/C(=O)N(C)Cc2ccc3c(c2)OCO3)cc(Cl)c1OC. The van der Waals surface area contributed by atoms with Gasteiger partial charge in [0, 0.05) is 19.7 Å². The molecule has 0 spiro atoms. The van der Waals surface area contributed by atoms with Crippen molar-refractivity contribution in [2.45, 2.75) is 13.5 Å². The number of nitrogens with zero attached hydrogens (tertiary/aromatic N) is 1. The lowest BCUT2D eigenvalue weighted by Crippen LogP contribution is -2.24. The van der Waals surface area contributed by atoms with Crippen LogP contribution in [-0.2, 0) is 11.3 Å². The summed E-state index contributed by atoms with van der Waals surface area (Å²) in [6, 6.07) is 9.16. The van der Waals surface area contributed by atoms with Crippen LogP contribution >= 0.6 is 11.6 Å². The fourth-order valence-electron chi connectivity index (χ4n) is 2.83. The molecule has 2 aromatic carbocycles. The van der Waals surface area contributed by atoms with E-state index >= 15 is 0 Å². The van der Waals surface area contributed by atoms with E-state index in [9.17, 15) is 4.79 Å². The summed E-state index contributed by atoms with van der Waals surface area (Å²) in [5.41, 5.74) is 1.71. The van der Waals surface area contributed by atoms with Gasteiger partial charge in [0.05, 0.1) is 18.7 Å². The Kier molecular flexibility index (Phi) is 6.31. The molecular formula is C21H22ClNO5. The number of fused-ring (bicyclic) bond motifs is 1. The second-order valence-electron chi connectivity index (χ2n) is 6.18. The van der Waals surface area contributed by atoms with E-state index in [1.807, 2.05) is 25.1 Å². The third-order valence-corrected chi connectivity index (χ3v) is 4.47. The molecular weight excluding hydrogens is 382 g/mol. The van der Waals surface area contributed by atoms with Crippen LogP contribution in [0.2, 0.25) is 5.02 Å². The Hall–Kier alpha value is -2.86. The molecule has 1 aliphatic rings. The number of benzene rings is 2. The van der Waals surface area contributed by atoms with Crippen LogP contribution in [0.5, 0.6) is 23.0 Å². The first-order valence-corrected chi connectivity index (χ1v) is 9.21. The Morgan fingerprint density at radius 2 is 2.04 bits per heavy atom. The van der Waals surface area contributed by atoms with E-state index in [4.69, 9.17) is 30.5 Å². The van der Waals surface area contributed by atoms with Gasteiger partial charge in [-0.3, -0.25) is 4.79 Å². The van der Waals surface area contributed by atoms with Crippen LogP contribution in [-0.4, -0.2) is 38.4 Å². The Balaban J connectivity index is 1.68. The van der Waals surface area contributed by atoms with Crippen molar-refractivity contribution in [1.82, 2.24) is 4.90 Å². The summed E-state index contributed by atoms with van der Waals surface area (Å²) in [6.07, 6.45) is 3.20. The predicted molar refractivity (Wildman–Crippen MR) is 107 cm³/mol. The fraction of sp³-hybridized carbons (Fsp3) is 0.286. The molecule has 1 heterocycles. The zero-order valence-electron chi connectivity index (χ0n) is 16.0. The first-order valence-electron chi connectivity index (χ1n) is 8.84. The lowest BCUT2D eigenvalue weighted by Gasteiger charge is -2.15. The number of rotatable bonds is 7. The number of likely N-dealkylation sites (N-methyl/N-ethyl adjacent to an activating group) is 1. The van der Waals surface area contributed by atoms with Crippen LogP contribution in [0.3, 0.4) is 0 Å². The summed E-state index contributed by atoms with van der Waals surface area (Å²) < 4.78 is 21.5. The van der Waals surface area contributed by atoms with Crippen molar-refractivity contribution >= 4 is 23.6 Å². The van der Waals surface area contributed by atoms with Gasteiger partial charge in [-0.15, -0.1) is 0 Å². The number of halogens is 1. The summed E-state index contributed by atoms with van der Waals surface area (Å²) >= 11 is 6.25. The number of carbonyl (C=O) groups excluding carboxylic acids is 1. The highest BCUT2D eigenvalue weighted by molar-refractivity contribution is 6.32. The number of hydrogen-bond donors (Lipinski definition) is 0. The highest BCUT2D eigenvalue weighted by Crippen LogP contribution is 2.36. The number of carbonyl (C=O) groups is 1. The number of amides is 1. The average Bonchev–Trinajstić information content (AvgIpc) is 3.14. The van der Waals surface area contributed by atoms with Gasteiger partial charge < -0.3 is 23.8 Å². The first kappa shape index (κ1) is 19.9. The quantitative estimate of drug-likeness (QED) is 0.650. The molecule has 0 saturated carbocycles. The van der Waals surface area contributed by atoms with Gasteiger partial charge in [0.1, 0.15) is 0 Å². The molecule has 0 atom stereocenters. The Morgan fingerprint density at radius 1 is 1.25 bits per heavy atom. The Bertz CT molecular complexity index is 897. The monoisotopic (exact) mass is 403 g/mol. The van der Waals surface area contributed by atoms with Gasteiger partial charge in [-0.1, -0.05) is 17.7 Å². The molecule has 0 N–H and O–H groups in total. The second-order valence-corrected chi connectivity index (χ2v) is 6.59. The van der Waals surface area contributed by atoms with E-state index in [-0.39, 0.29) is 12.7 Å². The third-order valence-electron chi connectivity index (χ3n) is 4.19. The summed E-state index contributed by atoms with van der Waals surface area (Å²) in [6.45, 7) is 3.04. The summed E-state index contributed by atoms with van der Waals surface area (Å²) in [4.78, 5) is 14.1. The number of ether oxygens (including phenoxy) is 4. The van der Waals surface area contributed by atoms with Crippen molar-refractivity contribution < 1.29 is 23.7 Å². The lowest BCUT2D eigenvalue weighted by atomic mass is 10.1. The normalized spacial score (nSPS) is 12.3. The minimum atomic E-state index is -0.137. The van der Waals surface area contributed by atoms with Crippen molar-refractivity contribution in [3.63, 3.8) is 0 Å². The summed E-state index contributed by atoms with van der Waals surface area (Å²) in [5, 5.41) is 0.425. The lowest BCUT2D eigenvalue weighted by molar-refractivity contribution is -0.125. The van der Waals surface area contributed by atoms with Gasteiger partial charge in [0.25, 0.3) is 0 Å². The number of hydrogen-bond acceptors (Lipinski definition) is 5. The van der Waals surface area contributed by atoms with E-state index in [1.54, 1.807) is 30.2 Å². The molecule has 2 aromatic rings. The van der Waals surface area contributed by atoms with Crippen molar-refractivity contribution in [3.05, 3.63) is 52.6 Å². The van der Waals surface area contributed by atoms with E-state index in [2.05, 4.69) is 0 Å². The fourth-order valence-corrected chi connectivity index (χ4v) is 3.13. The standard InChI is InChI=1S/C21H22ClNO5/c1-4-26-19-10-14(9-16(22)21(19)25-3)6-8-20(24)23(2)12-15-5-7-17-18(11-15)28-13-27-17/h5-11H,4,12-13H2,1-3H3/b8-6+. The molecule has 0 radical (unpaired) electrons. The molecule has 0 aliphatic carbocycles. The van der Waals surface area contributed by atoms with Crippen LogP contribution in [0.1, 0.15) is 18.1 Å². The van der Waals surface area contributed by atoms with E-state index < -0.39 is 0 Å². The molecule has 0 saturated heterocycles. The van der Waals surface area contributed by atoms with Crippen LogP contribution in [0.25, 0.3) is 6.08 Å². The van der Waals surface area contributed by atoms with Crippen molar-refractivity contribution in [3.8, 4) is 23.0 Å². The largest absolute Gasteiger partial charge is 0.491 e. The van der Waals surface area contributed by atoms with Gasteiger partial charge in [0.15, 0.2) is 23.0 Å². The third kappa shape index (κ3) is 4.51. The zero-order valence-corrected chi connectivity index (χ0v) is 16.8. The van der Waals surface area contributed by atoms with Crippen molar-refractivity contribution in [1.29, 1.82) is 0 Å². The van der Waals surface area contributed by atoms with Crippen molar-refractivity contribution in [2.24, 2.45) is 0 Å². The van der Waals surface area contributed by atoms with Crippen molar-refractivity contribution in [2.75, 3.05) is 27.6 Å². The molecule has 7 heteroatoms. The highest BCUT2D eigenvalue weighted by Gasteiger charge is 2.15.